The van der Waals surface area contributed by atoms with Crippen molar-refractivity contribution >= 4 is 11.6 Å². The molecule has 0 unspecified atom stereocenters. The van der Waals surface area contributed by atoms with Crippen LogP contribution in [0.4, 0.5) is 5.69 Å². The average molecular weight is 290 g/mol. The summed E-state index contributed by atoms with van der Waals surface area (Å²) in [6, 6.07) is 0. The van der Waals surface area contributed by atoms with Crippen molar-refractivity contribution in [1.29, 1.82) is 0 Å². The monoisotopic (exact) mass is 290 g/mol. The highest BCUT2D eigenvalue weighted by molar-refractivity contribution is 5.91. The zero-order valence-electron chi connectivity index (χ0n) is 13.9. The lowest BCUT2D eigenvalue weighted by Crippen LogP contribution is -2.16. The molecule has 0 radical (unpaired) electrons. The van der Waals surface area contributed by atoms with Crippen LogP contribution in [0.25, 0.3) is 0 Å². The molecule has 0 atom stereocenters. The summed E-state index contributed by atoms with van der Waals surface area (Å²) in [5.41, 5.74) is 5.29. The predicted molar refractivity (Wildman–Crippen MR) is 87.8 cm³/mol. The Morgan fingerprint density at radius 3 is 2.14 bits per heavy atom. The summed E-state index contributed by atoms with van der Waals surface area (Å²) in [6.07, 6.45) is 0.602. The number of phenolic OH excluding ortho intramolecular Hbond substituents is 1. The molecule has 0 fully saturated rings. The molecule has 4 heteroatoms. The summed E-state index contributed by atoms with van der Waals surface area (Å²) in [7, 11) is 3.91. The second-order valence-corrected chi connectivity index (χ2v) is 5.98. The molecular formula is C17H26N2O2. The Bertz CT molecular complexity index is 532. The van der Waals surface area contributed by atoms with Crippen molar-refractivity contribution in [1.82, 2.24) is 4.90 Å². The van der Waals surface area contributed by atoms with Gasteiger partial charge in [-0.05, 0) is 52.4 Å². The minimum absolute atomic E-state index is 0.107. The van der Waals surface area contributed by atoms with Gasteiger partial charge >= 0.3 is 0 Å². The van der Waals surface area contributed by atoms with Crippen molar-refractivity contribution in [3.05, 3.63) is 34.4 Å². The lowest BCUT2D eigenvalue weighted by atomic mass is 9.92. The smallest absolute Gasteiger partial charge is 0.221 e. The van der Waals surface area contributed by atoms with Crippen molar-refractivity contribution in [2.45, 2.75) is 40.7 Å². The largest absolute Gasteiger partial charge is 0.507 e. The normalized spacial score (nSPS) is 10.8. The van der Waals surface area contributed by atoms with E-state index in [1.165, 1.54) is 6.92 Å². The Labute approximate surface area is 127 Å². The Balaban J connectivity index is 3.56. The molecule has 0 heterocycles. The first-order valence-corrected chi connectivity index (χ1v) is 7.05. The van der Waals surface area contributed by atoms with E-state index in [-0.39, 0.29) is 5.91 Å². The number of hydrogen-bond acceptors (Lipinski definition) is 3. The molecule has 4 nitrogen and oxygen atoms in total. The molecule has 0 saturated carbocycles. The number of nitrogens with one attached hydrogen (secondary N) is 1. The van der Waals surface area contributed by atoms with Crippen molar-refractivity contribution in [3.63, 3.8) is 0 Å². The number of rotatable bonds is 5. The third kappa shape index (κ3) is 4.08. The summed E-state index contributed by atoms with van der Waals surface area (Å²) in [5.74, 6) is 0.208. The van der Waals surface area contributed by atoms with Gasteiger partial charge in [0.25, 0.3) is 0 Å². The molecule has 0 aliphatic rings. The van der Waals surface area contributed by atoms with Gasteiger partial charge in [0.1, 0.15) is 5.75 Å². The minimum atomic E-state index is -0.107. The fourth-order valence-corrected chi connectivity index (χ4v) is 2.51. The van der Waals surface area contributed by atoms with Crippen LogP contribution >= 0.6 is 0 Å². The van der Waals surface area contributed by atoms with Gasteiger partial charge in [0.15, 0.2) is 0 Å². The highest BCUT2D eigenvalue weighted by Gasteiger charge is 2.20. The van der Waals surface area contributed by atoms with E-state index in [0.717, 1.165) is 33.5 Å². The summed E-state index contributed by atoms with van der Waals surface area (Å²) in [5, 5.41) is 13.5. The molecule has 0 spiro atoms. The molecule has 116 valence electrons. The van der Waals surface area contributed by atoms with E-state index >= 15 is 0 Å². The van der Waals surface area contributed by atoms with E-state index in [0.29, 0.717) is 18.7 Å². The maximum atomic E-state index is 11.5. The second-order valence-electron chi connectivity index (χ2n) is 5.98. The molecular weight excluding hydrogens is 264 g/mol. The lowest BCUT2D eigenvalue weighted by Gasteiger charge is -2.23. The Morgan fingerprint density at radius 1 is 1.19 bits per heavy atom. The number of aromatic hydroxyl groups is 1. The van der Waals surface area contributed by atoms with E-state index in [1.807, 2.05) is 39.8 Å². The molecule has 2 N–H and O–H groups in total. The number of anilines is 1. The van der Waals surface area contributed by atoms with Crippen LogP contribution in [-0.4, -0.2) is 30.0 Å². The van der Waals surface area contributed by atoms with Gasteiger partial charge in [-0.2, -0.15) is 0 Å². The number of amides is 1. The van der Waals surface area contributed by atoms with Crippen molar-refractivity contribution in [2.24, 2.45) is 0 Å². The minimum Gasteiger partial charge on any atom is -0.507 e. The molecule has 21 heavy (non-hydrogen) atoms. The van der Waals surface area contributed by atoms with Crippen molar-refractivity contribution in [3.8, 4) is 5.75 Å². The molecule has 1 amide bonds. The molecule has 0 aromatic heterocycles. The van der Waals surface area contributed by atoms with Crippen LogP contribution in [0, 0.1) is 13.8 Å². The predicted octanol–water partition coefficient (Wildman–Crippen LogP) is 3.15. The van der Waals surface area contributed by atoms with Gasteiger partial charge in [-0.15, -0.1) is 0 Å². The summed E-state index contributed by atoms with van der Waals surface area (Å²) in [6.45, 7) is 11.8. The molecule has 1 aromatic rings. The lowest BCUT2D eigenvalue weighted by molar-refractivity contribution is -0.114. The first kappa shape index (κ1) is 17.2. The highest BCUT2D eigenvalue weighted by atomic mass is 16.3. The van der Waals surface area contributed by atoms with Gasteiger partial charge in [0, 0.05) is 30.3 Å². The molecule has 0 bridgehead atoms. The number of allylic oxidation sites excluding steroid dienone is 1. The third-order valence-corrected chi connectivity index (χ3v) is 3.48. The van der Waals surface area contributed by atoms with Crippen molar-refractivity contribution in [2.75, 3.05) is 19.4 Å². The standard InChI is InChI=1S/C17H26N2O2/c1-10(2)8-14-11(3)16(18-13(5)20)12(4)15(17(14)21)9-19(6)7/h21H,1,8-9H2,2-7H3,(H,18,20). The number of phenols is 1. The maximum Gasteiger partial charge on any atom is 0.221 e. The number of hydrogen-bond donors (Lipinski definition) is 2. The molecule has 0 saturated heterocycles. The average Bonchev–Trinajstić information content (AvgIpc) is 2.35. The Kier molecular flexibility index (Phi) is 5.55. The quantitative estimate of drug-likeness (QED) is 0.647. The van der Waals surface area contributed by atoms with Crippen LogP contribution in [0.3, 0.4) is 0 Å². The SMILES string of the molecule is C=C(C)Cc1c(C)c(NC(C)=O)c(C)c(CN(C)C)c1O. The summed E-state index contributed by atoms with van der Waals surface area (Å²) < 4.78 is 0. The van der Waals surface area contributed by atoms with Crippen LogP contribution in [0.1, 0.15) is 36.1 Å². The molecule has 1 rings (SSSR count). The van der Waals surface area contributed by atoms with Crippen LogP contribution < -0.4 is 5.32 Å². The van der Waals surface area contributed by atoms with E-state index < -0.39 is 0 Å². The topological polar surface area (TPSA) is 52.6 Å². The molecule has 0 aliphatic carbocycles. The van der Waals surface area contributed by atoms with Crippen LogP contribution in [0.15, 0.2) is 12.2 Å². The second kappa shape index (κ2) is 6.76. The van der Waals surface area contributed by atoms with Gasteiger partial charge in [0.05, 0.1) is 0 Å². The van der Waals surface area contributed by atoms with E-state index in [4.69, 9.17) is 0 Å². The van der Waals surface area contributed by atoms with Gasteiger partial charge in [-0.3, -0.25) is 4.79 Å². The summed E-state index contributed by atoms with van der Waals surface area (Å²) in [4.78, 5) is 13.5. The molecule has 0 aliphatic heterocycles. The zero-order valence-corrected chi connectivity index (χ0v) is 13.9. The van der Waals surface area contributed by atoms with Crippen molar-refractivity contribution < 1.29 is 9.90 Å². The van der Waals surface area contributed by atoms with Crippen LogP contribution in [0.2, 0.25) is 0 Å². The zero-order chi connectivity index (χ0) is 16.3. The first-order valence-electron chi connectivity index (χ1n) is 7.05. The Morgan fingerprint density at radius 2 is 1.71 bits per heavy atom. The number of carbonyl (C=O) groups excluding carboxylic acids is 1. The third-order valence-electron chi connectivity index (χ3n) is 3.48. The van der Waals surface area contributed by atoms with Crippen LogP contribution in [0.5, 0.6) is 5.75 Å². The van der Waals surface area contributed by atoms with E-state index in [1.54, 1.807) is 0 Å². The summed E-state index contributed by atoms with van der Waals surface area (Å²) >= 11 is 0. The fraction of sp³-hybridized carbons (Fsp3) is 0.471. The van der Waals surface area contributed by atoms with Gasteiger partial charge in [0.2, 0.25) is 5.91 Å². The number of carbonyl (C=O) groups is 1. The number of nitrogens with zero attached hydrogens (tertiary/aromatic N) is 1. The van der Waals surface area contributed by atoms with E-state index in [2.05, 4.69) is 11.9 Å². The van der Waals surface area contributed by atoms with Crippen LogP contribution in [-0.2, 0) is 17.8 Å². The Hall–Kier alpha value is -1.81. The molecule has 1 aromatic carbocycles. The van der Waals surface area contributed by atoms with Gasteiger partial charge < -0.3 is 15.3 Å². The van der Waals surface area contributed by atoms with E-state index in [9.17, 15) is 9.90 Å². The van der Waals surface area contributed by atoms with Gasteiger partial charge in [-0.1, -0.05) is 12.2 Å². The fourth-order valence-electron chi connectivity index (χ4n) is 2.51. The number of benzene rings is 1. The first-order chi connectivity index (χ1) is 9.65. The van der Waals surface area contributed by atoms with Gasteiger partial charge in [-0.25, -0.2) is 0 Å². The highest BCUT2D eigenvalue weighted by Crippen LogP contribution is 2.37. The maximum absolute atomic E-state index is 11.5.